The second kappa shape index (κ2) is 8.78. The molecule has 0 bridgehead atoms. The minimum atomic E-state index is -0.123. The third-order valence-electron chi connectivity index (χ3n) is 5.30. The van der Waals surface area contributed by atoms with Crippen LogP contribution in [-0.2, 0) is 7.05 Å². The van der Waals surface area contributed by atoms with E-state index in [1.54, 1.807) is 0 Å². The topological polar surface area (TPSA) is 46.9 Å². The molecular formula is C26H25N3O. The number of carbonyl (C=O) groups excluding carboxylic acids is 1. The van der Waals surface area contributed by atoms with E-state index < -0.39 is 0 Å². The van der Waals surface area contributed by atoms with Crippen LogP contribution in [0.5, 0.6) is 0 Å². The highest BCUT2D eigenvalue weighted by Crippen LogP contribution is 2.29. The number of nitrogens with one attached hydrogen (secondary N) is 1. The van der Waals surface area contributed by atoms with E-state index in [0.29, 0.717) is 11.4 Å². The number of hydrogen-bond donors (Lipinski definition) is 1. The number of benzene rings is 3. The predicted octanol–water partition coefficient (Wildman–Crippen LogP) is 5.64. The molecule has 0 saturated carbocycles. The van der Waals surface area contributed by atoms with Crippen LogP contribution in [0.4, 0.5) is 0 Å². The van der Waals surface area contributed by atoms with Crippen molar-refractivity contribution >= 4 is 5.91 Å². The molecule has 0 aliphatic heterocycles. The zero-order chi connectivity index (χ0) is 20.9. The molecule has 4 heteroatoms. The first-order valence-corrected chi connectivity index (χ1v) is 10.2. The second-order valence-corrected chi connectivity index (χ2v) is 7.27. The Morgan fingerprint density at radius 3 is 1.97 bits per heavy atom. The number of carbonyl (C=O) groups is 1. The summed E-state index contributed by atoms with van der Waals surface area (Å²) in [5.41, 5.74) is 4.26. The van der Waals surface area contributed by atoms with E-state index in [1.165, 1.54) is 0 Å². The second-order valence-electron chi connectivity index (χ2n) is 7.27. The van der Waals surface area contributed by atoms with Crippen molar-refractivity contribution in [3.63, 3.8) is 0 Å². The fraction of sp³-hybridized carbons (Fsp3) is 0.154. The molecule has 1 heterocycles. The molecular weight excluding hydrogens is 370 g/mol. The Labute approximate surface area is 177 Å². The van der Waals surface area contributed by atoms with Gasteiger partial charge in [0.15, 0.2) is 0 Å². The molecule has 0 aliphatic rings. The fourth-order valence-corrected chi connectivity index (χ4v) is 3.73. The van der Waals surface area contributed by atoms with Crippen LogP contribution in [0.2, 0.25) is 0 Å². The average Bonchev–Trinajstić information content (AvgIpc) is 3.16. The Bertz CT molecular complexity index is 1120. The van der Waals surface area contributed by atoms with Gasteiger partial charge in [-0.2, -0.15) is 0 Å². The standard InChI is InChI=1S/C26H25N3O/c1-3-22(19-13-7-4-8-14-19)27-26(30)24-23(20-15-9-5-10-16-20)28-25(29(24)2)21-17-11-6-12-18-21/h4-18,22H,3H2,1-2H3,(H,27,30). The summed E-state index contributed by atoms with van der Waals surface area (Å²) in [6.45, 7) is 2.08. The Hall–Kier alpha value is -3.66. The van der Waals surface area contributed by atoms with Crippen molar-refractivity contribution in [2.24, 2.45) is 7.05 Å². The summed E-state index contributed by atoms with van der Waals surface area (Å²) in [6.07, 6.45) is 0.805. The van der Waals surface area contributed by atoms with Crippen LogP contribution in [0.3, 0.4) is 0 Å². The minimum absolute atomic E-state index is 0.0580. The molecule has 0 aliphatic carbocycles. The normalized spacial score (nSPS) is 11.8. The third kappa shape index (κ3) is 3.90. The number of amides is 1. The first kappa shape index (κ1) is 19.6. The molecule has 1 atom stereocenters. The van der Waals surface area contributed by atoms with Gasteiger partial charge in [0.25, 0.3) is 5.91 Å². The predicted molar refractivity (Wildman–Crippen MR) is 121 cm³/mol. The van der Waals surface area contributed by atoms with E-state index in [2.05, 4.69) is 12.2 Å². The van der Waals surface area contributed by atoms with E-state index >= 15 is 0 Å². The number of hydrogen-bond acceptors (Lipinski definition) is 2. The largest absolute Gasteiger partial charge is 0.344 e. The zero-order valence-electron chi connectivity index (χ0n) is 17.2. The summed E-state index contributed by atoms with van der Waals surface area (Å²) in [5.74, 6) is 0.647. The average molecular weight is 396 g/mol. The zero-order valence-corrected chi connectivity index (χ0v) is 17.2. The van der Waals surface area contributed by atoms with Crippen LogP contribution in [0.15, 0.2) is 91.0 Å². The van der Waals surface area contributed by atoms with Crippen LogP contribution < -0.4 is 5.32 Å². The Kier molecular flexibility index (Phi) is 5.75. The van der Waals surface area contributed by atoms with Crippen molar-refractivity contribution in [3.8, 4) is 22.6 Å². The summed E-state index contributed by atoms with van der Waals surface area (Å²) < 4.78 is 1.89. The molecule has 0 fully saturated rings. The number of nitrogens with zero attached hydrogens (tertiary/aromatic N) is 2. The minimum Gasteiger partial charge on any atom is -0.344 e. The van der Waals surface area contributed by atoms with Gasteiger partial charge in [0.1, 0.15) is 17.2 Å². The van der Waals surface area contributed by atoms with Crippen molar-refractivity contribution in [2.75, 3.05) is 0 Å². The number of rotatable bonds is 6. The van der Waals surface area contributed by atoms with Crippen molar-refractivity contribution < 1.29 is 4.79 Å². The van der Waals surface area contributed by atoms with E-state index in [4.69, 9.17) is 4.98 Å². The van der Waals surface area contributed by atoms with Gasteiger partial charge >= 0.3 is 0 Å². The highest BCUT2D eigenvalue weighted by Gasteiger charge is 2.24. The molecule has 150 valence electrons. The molecule has 1 aromatic heterocycles. The van der Waals surface area contributed by atoms with Gasteiger partial charge in [-0.3, -0.25) is 4.79 Å². The van der Waals surface area contributed by atoms with Gasteiger partial charge in [-0.25, -0.2) is 4.98 Å². The molecule has 1 unspecified atom stereocenters. The highest BCUT2D eigenvalue weighted by molar-refractivity contribution is 5.99. The van der Waals surface area contributed by atoms with Crippen LogP contribution >= 0.6 is 0 Å². The van der Waals surface area contributed by atoms with E-state index in [-0.39, 0.29) is 11.9 Å². The van der Waals surface area contributed by atoms with Crippen LogP contribution in [0, 0.1) is 0 Å². The molecule has 0 saturated heterocycles. The van der Waals surface area contributed by atoms with Crippen molar-refractivity contribution in [3.05, 3.63) is 102 Å². The van der Waals surface area contributed by atoms with E-state index in [9.17, 15) is 4.79 Å². The number of imidazole rings is 1. The SMILES string of the molecule is CCC(NC(=O)c1c(-c2ccccc2)nc(-c2ccccc2)n1C)c1ccccc1. The maximum Gasteiger partial charge on any atom is 0.270 e. The van der Waals surface area contributed by atoms with E-state index in [0.717, 1.165) is 28.9 Å². The lowest BCUT2D eigenvalue weighted by Crippen LogP contribution is -2.30. The highest BCUT2D eigenvalue weighted by atomic mass is 16.2. The Morgan fingerprint density at radius 2 is 1.40 bits per heavy atom. The molecule has 1 N–H and O–H groups in total. The fourth-order valence-electron chi connectivity index (χ4n) is 3.73. The van der Waals surface area contributed by atoms with Crippen molar-refractivity contribution in [2.45, 2.75) is 19.4 Å². The summed E-state index contributed by atoms with van der Waals surface area (Å²) >= 11 is 0. The maximum atomic E-state index is 13.5. The molecule has 3 aromatic carbocycles. The number of aromatic nitrogens is 2. The molecule has 4 rings (SSSR count). The molecule has 1 amide bonds. The molecule has 0 spiro atoms. The summed E-state index contributed by atoms with van der Waals surface area (Å²) in [5, 5.41) is 3.22. The van der Waals surface area contributed by atoms with Crippen LogP contribution in [0.25, 0.3) is 22.6 Å². The molecule has 4 nitrogen and oxygen atoms in total. The van der Waals surface area contributed by atoms with Crippen LogP contribution in [0.1, 0.15) is 35.4 Å². The lowest BCUT2D eigenvalue weighted by Gasteiger charge is -2.18. The lowest BCUT2D eigenvalue weighted by molar-refractivity contribution is 0.0928. The van der Waals surface area contributed by atoms with Crippen molar-refractivity contribution in [1.29, 1.82) is 0 Å². The van der Waals surface area contributed by atoms with Crippen molar-refractivity contribution in [1.82, 2.24) is 14.9 Å². The lowest BCUT2D eigenvalue weighted by atomic mass is 10.0. The molecule has 30 heavy (non-hydrogen) atoms. The van der Waals surface area contributed by atoms with Gasteiger partial charge in [-0.15, -0.1) is 0 Å². The van der Waals surface area contributed by atoms with Gasteiger partial charge in [-0.1, -0.05) is 97.9 Å². The third-order valence-corrected chi connectivity index (χ3v) is 5.30. The maximum absolute atomic E-state index is 13.5. The van der Waals surface area contributed by atoms with Crippen LogP contribution in [-0.4, -0.2) is 15.5 Å². The van der Waals surface area contributed by atoms with E-state index in [1.807, 2.05) is 103 Å². The first-order valence-electron chi connectivity index (χ1n) is 10.2. The van der Waals surface area contributed by atoms with Gasteiger partial charge in [-0.05, 0) is 12.0 Å². The van der Waals surface area contributed by atoms with Gasteiger partial charge < -0.3 is 9.88 Å². The molecule has 4 aromatic rings. The Morgan fingerprint density at radius 1 is 0.867 bits per heavy atom. The quantitative estimate of drug-likeness (QED) is 0.459. The van der Waals surface area contributed by atoms with Gasteiger partial charge in [0.2, 0.25) is 0 Å². The van der Waals surface area contributed by atoms with Gasteiger partial charge in [0.05, 0.1) is 6.04 Å². The van der Waals surface area contributed by atoms with Gasteiger partial charge in [0, 0.05) is 18.2 Å². The molecule has 0 radical (unpaired) electrons. The summed E-state index contributed by atoms with van der Waals surface area (Å²) in [6, 6.07) is 29.8. The smallest absolute Gasteiger partial charge is 0.270 e. The monoisotopic (exact) mass is 395 g/mol. The Balaban J connectivity index is 1.77. The summed E-state index contributed by atoms with van der Waals surface area (Å²) in [4.78, 5) is 18.4. The summed E-state index contributed by atoms with van der Waals surface area (Å²) in [7, 11) is 1.90. The first-order chi connectivity index (χ1) is 14.7.